The van der Waals surface area contributed by atoms with E-state index in [4.69, 9.17) is 9.47 Å². The monoisotopic (exact) mass is 418 g/mol. The number of thiazole rings is 1. The minimum absolute atomic E-state index is 0.0759. The first-order valence-corrected chi connectivity index (χ1v) is 10.3. The van der Waals surface area contributed by atoms with Gasteiger partial charge in [-0.05, 0) is 36.6 Å². The number of amides is 1. The number of rotatable bonds is 5. The fourth-order valence-electron chi connectivity index (χ4n) is 3.45. The molecule has 0 aliphatic heterocycles. The van der Waals surface area contributed by atoms with Crippen molar-refractivity contribution in [1.82, 2.24) is 4.98 Å². The third kappa shape index (κ3) is 3.50. The van der Waals surface area contributed by atoms with E-state index in [0.29, 0.717) is 22.1 Å². The quantitative estimate of drug-likeness (QED) is 0.425. The van der Waals surface area contributed by atoms with Crippen LogP contribution in [0.3, 0.4) is 0 Å². The van der Waals surface area contributed by atoms with Gasteiger partial charge in [-0.1, -0.05) is 36.4 Å². The van der Waals surface area contributed by atoms with Gasteiger partial charge in [0.2, 0.25) is 0 Å². The van der Waals surface area contributed by atoms with E-state index in [-0.39, 0.29) is 5.91 Å². The van der Waals surface area contributed by atoms with Gasteiger partial charge >= 0.3 is 0 Å². The van der Waals surface area contributed by atoms with Crippen molar-refractivity contribution in [3.05, 3.63) is 71.2 Å². The molecule has 30 heavy (non-hydrogen) atoms. The molecule has 0 saturated heterocycles. The maximum atomic E-state index is 13.3. The van der Waals surface area contributed by atoms with Crippen molar-refractivity contribution in [2.75, 3.05) is 26.2 Å². The van der Waals surface area contributed by atoms with E-state index in [2.05, 4.69) is 4.98 Å². The highest BCUT2D eigenvalue weighted by molar-refractivity contribution is 7.17. The number of anilines is 1. The maximum Gasteiger partial charge on any atom is 0.270 e. The Labute approximate surface area is 179 Å². The largest absolute Gasteiger partial charge is 0.493 e. The van der Waals surface area contributed by atoms with Gasteiger partial charge < -0.3 is 14.4 Å². The van der Waals surface area contributed by atoms with Crippen LogP contribution in [-0.2, 0) is 0 Å². The number of nitrogens with zero attached hydrogens (tertiary/aromatic N) is 2. The lowest BCUT2D eigenvalue weighted by molar-refractivity contribution is 0.0996. The van der Waals surface area contributed by atoms with Gasteiger partial charge in [0.15, 0.2) is 11.5 Å². The van der Waals surface area contributed by atoms with Crippen LogP contribution in [0.5, 0.6) is 11.5 Å². The average molecular weight is 419 g/mol. The van der Waals surface area contributed by atoms with Crippen molar-refractivity contribution >= 4 is 33.7 Å². The zero-order valence-electron chi connectivity index (χ0n) is 17.3. The third-order valence-corrected chi connectivity index (χ3v) is 6.25. The van der Waals surface area contributed by atoms with E-state index >= 15 is 0 Å². The molecule has 3 aromatic carbocycles. The molecular weight excluding hydrogens is 396 g/mol. The molecule has 1 amide bonds. The molecule has 4 aromatic rings. The molecule has 0 unspecified atom stereocenters. The average Bonchev–Trinajstić information content (AvgIpc) is 3.18. The molecule has 0 atom stereocenters. The second-order valence-corrected chi connectivity index (χ2v) is 7.86. The minimum atomic E-state index is -0.0759. The van der Waals surface area contributed by atoms with Crippen molar-refractivity contribution in [2.24, 2.45) is 0 Å². The first-order chi connectivity index (χ1) is 14.5. The number of ether oxygens (including phenoxy) is 2. The zero-order valence-corrected chi connectivity index (χ0v) is 18.1. The number of carbonyl (C=O) groups is 1. The van der Waals surface area contributed by atoms with Gasteiger partial charge in [-0.25, -0.2) is 4.98 Å². The topological polar surface area (TPSA) is 51.7 Å². The Morgan fingerprint density at radius 1 is 0.967 bits per heavy atom. The molecule has 1 aromatic heterocycles. The Hall–Kier alpha value is -3.38. The fraction of sp³-hybridized carbons (Fsp3) is 0.167. The van der Waals surface area contributed by atoms with Crippen molar-refractivity contribution in [1.29, 1.82) is 0 Å². The summed E-state index contributed by atoms with van der Waals surface area (Å²) in [6, 6.07) is 19.7. The molecule has 152 valence electrons. The van der Waals surface area contributed by atoms with Crippen LogP contribution < -0.4 is 14.4 Å². The number of fused-ring (bicyclic) bond motifs is 1. The summed E-state index contributed by atoms with van der Waals surface area (Å²) in [6.45, 7) is 1.87. The van der Waals surface area contributed by atoms with Crippen LogP contribution in [0.15, 0.2) is 60.7 Å². The molecule has 0 spiro atoms. The molecule has 5 nitrogen and oxygen atoms in total. The summed E-state index contributed by atoms with van der Waals surface area (Å²) < 4.78 is 10.7. The number of aryl methyl sites for hydroxylation is 1. The Morgan fingerprint density at radius 2 is 1.70 bits per heavy atom. The smallest absolute Gasteiger partial charge is 0.270 e. The van der Waals surface area contributed by atoms with Crippen LogP contribution in [0, 0.1) is 6.92 Å². The van der Waals surface area contributed by atoms with E-state index in [1.54, 1.807) is 26.2 Å². The van der Waals surface area contributed by atoms with Crippen molar-refractivity contribution in [3.63, 3.8) is 0 Å². The van der Waals surface area contributed by atoms with Crippen molar-refractivity contribution in [2.45, 2.75) is 6.92 Å². The summed E-state index contributed by atoms with van der Waals surface area (Å²) in [6.07, 6.45) is 0. The normalized spacial score (nSPS) is 10.8. The number of hydrogen-bond donors (Lipinski definition) is 0. The van der Waals surface area contributed by atoms with E-state index in [1.165, 1.54) is 11.3 Å². The molecule has 0 N–H and O–H groups in total. The second-order valence-electron chi connectivity index (χ2n) is 6.87. The van der Waals surface area contributed by atoms with Gasteiger partial charge in [-0.15, -0.1) is 11.3 Å². The van der Waals surface area contributed by atoms with Crippen molar-refractivity contribution in [3.8, 4) is 22.1 Å². The van der Waals surface area contributed by atoms with E-state index in [0.717, 1.165) is 27.0 Å². The number of methoxy groups -OCH3 is 2. The Kier molecular flexibility index (Phi) is 5.42. The molecular formula is C24H22N2O3S. The molecule has 0 aliphatic rings. The molecule has 6 heteroatoms. The molecule has 0 saturated carbocycles. The van der Waals surface area contributed by atoms with Gasteiger partial charge in [-0.3, -0.25) is 4.79 Å². The highest BCUT2D eigenvalue weighted by Crippen LogP contribution is 2.36. The lowest BCUT2D eigenvalue weighted by Gasteiger charge is -2.19. The van der Waals surface area contributed by atoms with Gasteiger partial charge in [0.05, 0.1) is 25.6 Å². The van der Waals surface area contributed by atoms with Gasteiger partial charge in [-0.2, -0.15) is 0 Å². The highest BCUT2D eigenvalue weighted by Gasteiger charge is 2.22. The molecule has 1 heterocycles. The number of carbonyl (C=O) groups excluding carboxylic acids is 1. The predicted molar refractivity (Wildman–Crippen MR) is 122 cm³/mol. The van der Waals surface area contributed by atoms with Crippen molar-refractivity contribution < 1.29 is 14.3 Å². The lowest BCUT2D eigenvalue weighted by Crippen LogP contribution is -2.26. The molecule has 0 aliphatic carbocycles. The van der Waals surface area contributed by atoms with Crippen LogP contribution >= 0.6 is 11.3 Å². The summed E-state index contributed by atoms with van der Waals surface area (Å²) in [7, 11) is 5.01. The summed E-state index contributed by atoms with van der Waals surface area (Å²) >= 11 is 1.38. The summed E-state index contributed by atoms with van der Waals surface area (Å²) in [4.78, 5) is 20.3. The minimum Gasteiger partial charge on any atom is -0.493 e. The number of benzene rings is 3. The predicted octanol–water partition coefficient (Wildman–Crippen LogP) is 5.57. The fourth-order valence-corrected chi connectivity index (χ4v) is 4.49. The first-order valence-electron chi connectivity index (χ1n) is 9.49. The van der Waals surface area contributed by atoms with Crippen LogP contribution in [0.4, 0.5) is 5.69 Å². The van der Waals surface area contributed by atoms with Crippen LogP contribution in [-0.4, -0.2) is 32.2 Å². The van der Waals surface area contributed by atoms with E-state index in [9.17, 15) is 4.79 Å². The van der Waals surface area contributed by atoms with Gasteiger partial charge in [0.1, 0.15) is 9.88 Å². The molecule has 4 rings (SSSR count). The molecule has 0 fully saturated rings. The zero-order chi connectivity index (χ0) is 21.3. The second kappa shape index (κ2) is 8.16. The summed E-state index contributed by atoms with van der Waals surface area (Å²) in [5, 5.41) is 2.91. The van der Waals surface area contributed by atoms with Crippen LogP contribution in [0.1, 0.15) is 15.4 Å². The number of hydrogen-bond acceptors (Lipinski definition) is 5. The lowest BCUT2D eigenvalue weighted by atomic mass is 10.1. The van der Waals surface area contributed by atoms with Crippen LogP contribution in [0.25, 0.3) is 21.3 Å². The van der Waals surface area contributed by atoms with E-state index in [1.807, 2.05) is 67.6 Å². The standard InChI is InChI=1S/C24H22N2O3S/c1-15-22(30-23(25-15)17-12-13-20(28-3)21(14-17)29-4)24(27)26(2)19-11-7-9-16-8-5-6-10-18(16)19/h5-14H,1-4H3. The van der Waals surface area contributed by atoms with Crippen LogP contribution in [0.2, 0.25) is 0 Å². The Morgan fingerprint density at radius 3 is 2.47 bits per heavy atom. The molecule has 0 radical (unpaired) electrons. The highest BCUT2D eigenvalue weighted by atomic mass is 32.1. The Balaban J connectivity index is 1.70. The van der Waals surface area contributed by atoms with E-state index < -0.39 is 0 Å². The maximum absolute atomic E-state index is 13.3. The summed E-state index contributed by atoms with van der Waals surface area (Å²) in [5.74, 6) is 1.21. The Bertz CT molecular complexity index is 1230. The van der Waals surface area contributed by atoms with Gasteiger partial charge in [0.25, 0.3) is 5.91 Å². The SMILES string of the molecule is COc1ccc(-c2nc(C)c(C(=O)N(C)c3cccc4ccccc34)s2)cc1OC. The summed E-state index contributed by atoms with van der Waals surface area (Å²) in [5.41, 5.74) is 2.47. The third-order valence-electron chi connectivity index (χ3n) is 5.05. The first kappa shape index (κ1) is 19.9. The van der Waals surface area contributed by atoms with Gasteiger partial charge in [0, 0.05) is 18.0 Å². The molecule has 0 bridgehead atoms. The number of aromatic nitrogens is 1.